The molecule has 0 fully saturated rings. The molecule has 10 heteroatoms. The van der Waals surface area contributed by atoms with E-state index in [-0.39, 0.29) is 0 Å². The maximum Gasteiger partial charge on any atom is 0.281 e. The molecule has 6 N–H and O–H groups in total. The Balaban J connectivity index is 0. The molecule has 0 spiro atoms. The van der Waals surface area contributed by atoms with Crippen LogP contribution >= 0.6 is 0 Å². The standard InChI is InChI=1S/2C3H3N3O2/c2*4-1-2(6-8)3(5)7/h2*8H,(H2,5,7)/b2*6-2+. The number of hydrogen-bond acceptors (Lipinski definition) is 8. The number of rotatable bonds is 2. The molecule has 0 unspecified atom stereocenters. The van der Waals surface area contributed by atoms with E-state index in [2.05, 4.69) is 21.8 Å². The molecule has 0 aliphatic carbocycles. The number of oxime groups is 2. The molecule has 0 radical (unpaired) electrons. The zero-order chi connectivity index (χ0) is 13.1. The number of nitrogens with zero attached hydrogens (tertiary/aromatic N) is 4. The molecule has 10 nitrogen and oxygen atoms in total. The van der Waals surface area contributed by atoms with Crippen LogP contribution in [0.3, 0.4) is 0 Å². The second-order valence-electron chi connectivity index (χ2n) is 1.85. The van der Waals surface area contributed by atoms with E-state index in [1.807, 2.05) is 0 Å². The minimum absolute atomic E-state index is 0.690. The highest BCUT2D eigenvalue weighted by molar-refractivity contribution is 6.44. The lowest BCUT2D eigenvalue weighted by Gasteiger charge is -1.79. The van der Waals surface area contributed by atoms with Crippen LogP contribution < -0.4 is 11.5 Å². The first-order valence-electron chi connectivity index (χ1n) is 3.28. The van der Waals surface area contributed by atoms with E-state index in [1.54, 1.807) is 0 Å². The van der Waals surface area contributed by atoms with Gasteiger partial charge in [0, 0.05) is 0 Å². The van der Waals surface area contributed by atoms with Gasteiger partial charge in [-0.2, -0.15) is 10.5 Å². The quantitative estimate of drug-likeness (QED) is 0.230. The lowest BCUT2D eigenvalue weighted by Crippen LogP contribution is -2.21. The summed E-state index contributed by atoms with van der Waals surface area (Å²) < 4.78 is 0. The van der Waals surface area contributed by atoms with E-state index in [9.17, 15) is 9.59 Å². The van der Waals surface area contributed by atoms with Gasteiger partial charge in [0.1, 0.15) is 12.1 Å². The van der Waals surface area contributed by atoms with E-state index >= 15 is 0 Å². The summed E-state index contributed by atoms with van der Waals surface area (Å²) in [6.07, 6.45) is 0. The Hall–Kier alpha value is -3.14. The summed E-state index contributed by atoms with van der Waals surface area (Å²) in [7, 11) is 0. The first kappa shape index (κ1) is 15.3. The van der Waals surface area contributed by atoms with Crippen LogP contribution in [0.5, 0.6) is 0 Å². The van der Waals surface area contributed by atoms with Gasteiger partial charge in [-0.05, 0) is 0 Å². The number of nitrogens with two attached hydrogens (primary N) is 2. The smallest absolute Gasteiger partial charge is 0.281 e. The molecule has 0 aliphatic heterocycles. The number of carbonyl (C=O) groups is 2. The minimum atomic E-state index is -1.03. The summed E-state index contributed by atoms with van der Waals surface area (Å²) in [5.74, 6) is -2.06. The molecule has 16 heavy (non-hydrogen) atoms. The summed E-state index contributed by atoms with van der Waals surface area (Å²) in [5.41, 5.74) is 7.63. The van der Waals surface area contributed by atoms with Gasteiger partial charge in [-0.15, -0.1) is 0 Å². The number of amides is 2. The van der Waals surface area contributed by atoms with Crippen LogP contribution in [0.25, 0.3) is 0 Å². The molecule has 0 saturated heterocycles. The van der Waals surface area contributed by atoms with Crippen molar-refractivity contribution in [3.05, 3.63) is 0 Å². The van der Waals surface area contributed by atoms with Crippen molar-refractivity contribution in [3.63, 3.8) is 0 Å². The minimum Gasteiger partial charge on any atom is -0.410 e. The van der Waals surface area contributed by atoms with Crippen molar-refractivity contribution in [1.82, 2.24) is 0 Å². The van der Waals surface area contributed by atoms with Gasteiger partial charge in [-0.1, -0.05) is 10.3 Å². The molecular weight excluding hydrogens is 220 g/mol. The Morgan fingerprint density at radius 3 is 1.19 bits per heavy atom. The molecule has 0 saturated carbocycles. The summed E-state index contributed by atoms with van der Waals surface area (Å²) in [4.78, 5) is 19.7. The molecule has 0 aromatic rings. The number of carbonyl (C=O) groups excluding carboxylic acids is 2. The van der Waals surface area contributed by atoms with E-state index in [1.165, 1.54) is 12.1 Å². The normalized spacial score (nSPS) is 10.1. The third-order valence-corrected chi connectivity index (χ3v) is 0.879. The van der Waals surface area contributed by atoms with Crippen LogP contribution in [0.1, 0.15) is 0 Å². The number of nitriles is 2. The molecule has 0 atom stereocenters. The Labute approximate surface area is 88.6 Å². The molecule has 0 bridgehead atoms. The van der Waals surface area contributed by atoms with Gasteiger partial charge in [-0.25, -0.2) is 0 Å². The predicted molar refractivity (Wildman–Crippen MR) is 48.1 cm³/mol. The fraction of sp³-hybridized carbons (Fsp3) is 0. The maximum absolute atomic E-state index is 9.87. The summed E-state index contributed by atoms with van der Waals surface area (Å²) in [6, 6.07) is 2.55. The van der Waals surface area contributed by atoms with E-state index in [0.29, 0.717) is 0 Å². The van der Waals surface area contributed by atoms with Crippen molar-refractivity contribution in [3.8, 4) is 12.1 Å². The first-order valence-corrected chi connectivity index (χ1v) is 3.28. The van der Waals surface area contributed by atoms with Crippen LogP contribution in [0, 0.1) is 22.7 Å². The fourth-order valence-corrected chi connectivity index (χ4v) is 0.253. The largest absolute Gasteiger partial charge is 0.410 e. The van der Waals surface area contributed by atoms with Gasteiger partial charge in [0.2, 0.25) is 11.4 Å². The molecular formula is C6H6N6O4. The Morgan fingerprint density at radius 1 is 0.938 bits per heavy atom. The van der Waals surface area contributed by atoms with Gasteiger partial charge in [0.25, 0.3) is 11.8 Å². The topological polar surface area (TPSA) is 199 Å². The SMILES string of the molecule is N#C/C(=N\O)C(N)=O.N#C/C(=N\O)C(N)=O. The van der Waals surface area contributed by atoms with Gasteiger partial charge in [0.05, 0.1) is 0 Å². The summed E-state index contributed by atoms with van der Waals surface area (Å²) in [5, 5.41) is 35.8. The van der Waals surface area contributed by atoms with Crippen LogP contribution in [0.4, 0.5) is 0 Å². The van der Waals surface area contributed by atoms with E-state index < -0.39 is 23.2 Å². The van der Waals surface area contributed by atoms with Crippen molar-refractivity contribution in [2.24, 2.45) is 21.8 Å². The van der Waals surface area contributed by atoms with Crippen LogP contribution in [-0.4, -0.2) is 33.7 Å². The monoisotopic (exact) mass is 226 g/mol. The first-order chi connectivity index (χ1) is 7.44. The van der Waals surface area contributed by atoms with Crippen LogP contribution in [0.2, 0.25) is 0 Å². The molecule has 84 valence electrons. The molecule has 0 heterocycles. The predicted octanol–water partition coefficient (Wildman–Crippen LogP) is -2.35. The van der Waals surface area contributed by atoms with Crippen molar-refractivity contribution in [1.29, 1.82) is 10.5 Å². The van der Waals surface area contributed by atoms with Gasteiger partial charge >= 0.3 is 0 Å². The average molecular weight is 226 g/mol. The van der Waals surface area contributed by atoms with Crippen LogP contribution in [0.15, 0.2) is 10.3 Å². The zero-order valence-electron chi connectivity index (χ0n) is 7.65. The molecule has 0 aromatic carbocycles. The summed E-state index contributed by atoms with van der Waals surface area (Å²) >= 11 is 0. The van der Waals surface area contributed by atoms with Crippen molar-refractivity contribution in [2.75, 3.05) is 0 Å². The average Bonchev–Trinajstić information content (AvgIpc) is 2.21. The van der Waals surface area contributed by atoms with Crippen molar-refractivity contribution in [2.45, 2.75) is 0 Å². The summed E-state index contributed by atoms with van der Waals surface area (Å²) in [6.45, 7) is 0. The van der Waals surface area contributed by atoms with Crippen molar-refractivity contribution >= 4 is 23.2 Å². The van der Waals surface area contributed by atoms with Gasteiger partial charge in [0.15, 0.2) is 0 Å². The second kappa shape index (κ2) is 8.46. The Bertz CT molecular complexity index is 372. The Morgan fingerprint density at radius 2 is 1.19 bits per heavy atom. The van der Waals surface area contributed by atoms with Gasteiger partial charge < -0.3 is 21.9 Å². The number of primary amides is 2. The number of hydrogen-bond donors (Lipinski definition) is 4. The molecule has 0 aliphatic rings. The highest BCUT2D eigenvalue weighted by Gasteiger charge is 2.03. The van der Waals surface area contributed by atoms with E-state index in [4.69, 9.17) is 20.9 Å². The molecule has 0 rings (SSSR count). The lowest BCUT2D eigenvalue weighted by molar-refractivity contribution is -0.112. The third-order valence-electron chi connectivity index (χ3n) is 0.879. The third kappa shape index (κ3) is 6.38. The zero-order valence-corrected chi connectivity index (χ0v) is 7.65. The Kier molecular flexibility index (Phi) is 8.11. The maximum atomic E-state index is 9.87. The van der Waals surface area contributed by atoms with Crippen LogP contribution in [-0.2, 0) is 9.59 Å². The van der Waals surface area contributed by atoms with Gasteiger partial charge in [-0.3, -0.25) is 9.59 Å². The highest BCUT2D eigenvalue weighted by atomic mass is 16.4. The fourth-order valence-electron chi connectivity index (χ4n) is 0.253. The second-order valence-corrected chi connectivity index (χ2v) is 1.85. The molecule has 2 amide bonds. The van der Waals surface area contributed by atoms with Crippen molar-refractivity contribution < 1.29 is 20.0 Å². The lowest BCUT2D eigenvalue weighted by atomic mass is 10.4. The van der Waals surface area contributed by atoms with E-state index in [0.717, 1.165) is 0 Å². The highest BCUT2D eigenvalue weighted by Crippen LogP contribution is 1.68. The molecule has 0 aromatic heterocycles.